The number of imide groups is 1. The zero-order chi connectivity index (χ0) is 38.5. The Morgan fingerprint density at radius 3 is 2.02 bits per heavy atom. The van der Waals surface area contributed by atoms with Crippen LogP contribution in [-0.4, -0.2) is 82.7 Å². The first-order valence-electron chi connectivity index (χ1n) is 20.3. The van der Waals surface area contributed by atoms with Gasteiger partial charge in [0.05, 0.1) is 11.7 Å². The van der Waals surface area contributed by atoms with Gasteiger partial charge in [-0.1, -0.05) is 43.3 Å². The SMILES string of the molecule is CCC(=C(c1ccc(O)cc1)c1ccc(N2CCC(CN3CC4CC3CN4c3cc4c(cc3F)CN(C3CCC(=O)NC3=O)C4)CC2)cc1)c1ccc(O)cc1. The molecular formula is C46H50FN5O4. The van der Waals surface area contributed by atoms with Crippen LogP contribution in [0.5, 0.6) is 11.5 Å². The fourth-order valence-corrected chi connectivity index (χ4v) is 10.0. The second kappa shape index (κ2) is 15.0. The molecule has 5 heterocycles. The van der Waals surface area contributed by atoms with Gasteiger partial charge in [0.15, 0.2) is 0 Å². The minimum Gasteiger partial charge on any atom is -0.508 e. The van der Waals surface area contributed by atoms with E-state index in [9.17, 15) is 19.8 Å². The second-order valence-electron chi connectivity index (χ2n) is 16.4. The van der Waals surface area contributed by atoms with Gasteiger partial charge in [-0.3, -0.25) is 24.7 Å². The number of hydrogen-bond acceptors (Lipinski definition) is 8. The molecule has 2 amide bonds. The van der Waals surface area contributed by atoms with E-state index in [0.717, 1.165) is 91.8 Å². The molecule has 0 aromatic heterocycles. The molecule has 4 saturated heterocycles. The number of aromatic hydroxyl groups is 2. The molecule has 4 aromatic rings. The lowest BCUT2D eigenvalue weighted by Gasteiger charge is -2.40. The van der Waals surface area contributed by atoms with Crippen molar-refractivity contribution >= 4 is 34.3 Å². The summed E-state index contributed by atoms with van der Waals surface area (Å²) in [5.41, 5.74) is 9.47. The third-order valence-corrected chi connectivity index (χ3v) is 13.0. The molecule has 0 spiro atoms. The summed E-state index contributed by atoms with van der Waals surface area (Å²) in [4.78, 5) is 33.7. The largest absolute Gasteiger partial charge is 0.508 e. The van der Waals surface area contributed by atoms with Crippen molar-refractivity contribution in [2.75, 3.05) is 42.5 Å². The standard InChI is InChI=1S/C46H50FN5O4/c1-2-40(30-5-11-38(53)12-6-30)45(32-7-13-39(54)14-8-32)31-3-9-35(10-4-31)49-19-17-29(18-20-49)24-50-27-37-23-36(50)28-52(37)43-22-34-26-51(25-33(34)21-41(43)47)42-15-16-44(55)48-46(42)56/h3-14,21-22,29,36-37,42,53-54H,2,15-20,23-28H2,1H3,(H,48,55,56). The van der Waals surface area contributed by atoms with Gasteiger partial charge in [-0.2, -0.15) is 0 Å². The number of phenols is 2. The van der Waals surface area contributed by atoms with Crippen LogP contribution in [0.1, 0.15) is 73.3 Å². The molecule has 0 saturated carbocycles. The minimum absolute atomic E-state index is 0.177. The fraction of sp³-hybridized carbons (Fsp3) is 0.391. The second-order valence-corrected chi connectivity index (χ2v) is 16.4. The van der Waals surface area contributed by atoms with Crippen molar-refractivity contribution in [2.45, 2.75) is 76.7 Å². The summed E-state index contributed by atoms with van der Waals surface area (Å²) >= 11 is 0. The van der Waals surface area contributed by atoms with Crippen molar-refractivity contribution in [3.8, 4) is 11.5 Å². The molecule has 5 aliphatic heterocycles. The predicted molar refractivity (Wildman–Crippen MR) is 217 cm³/mol. The number of carbonyl (C=O) groups is 2. The Morgan fingerprint density at radius 2 is 1.41 bits per heavy atom. The maximum atomic E-state index is 15.6. The highest BCUT2D eigenvalue weighted by molar-refractivity contribution is 6.00. The number of rotatable bonds is 9. The molecule has 4 aromatic carbocycles. The number of amides is 2. The Labute approximate surface area is 328 Å². The molecule has 3 unspecified atom stereocenters. The van der Waals surface area contributed by atoms with Crippen molar-refractivity contribution in [1.82, 2.24) is 15.1 Å². The molecule has 0 aliphatic carbocycles. The Hall–Kier alpha value is -5.19. The van der Waals surface area contributed by atoms with Gasteiger partial charge in [0.25, 0.3) is 0 Å². The molecular weight excluding hydrogens is 706 g/mol. The van der Waals surface area contributed by atoms with E-state index in [0.29, 0.717) is 49.6 Å². The van der Waals surface area contributed by atoms with Crippen LogP contribution in [0.3, 0.4) is 0 Å². The third kappa shape index (κ3) is 7.05. The van der Waals surface area contributed by atoms with Crippen LogP contribution >= 0.6 is 0 Å². The van der Waals surface area contributed by atoms with Gasteiger partial charge < -0.3 is 20.0 Å². The third-order valence-electron chi connectivity index (χ3n) is 13.0. The summed E-state index contributed by atoms with van der Waals surface area (Å²) in [5.74, 6) is 0.483. The molecule has 3 atom stereocenters. The maximum Gasteiger partial charge on any atom is 0.243 e. The highest BCUT2D eigenvalue weighted by Crippen LogP contribution is 2.41. The monoisotopic (exact) mass is 755 g/mol. The summed E-state index contributed by atoms with van der Waals surface area (Å²) in [6.45, 7) is 8.22. The van der Waals surface area contributed by atoms with Crippen molar-refractivity contribution in [1.29, 1.82) is 0 Å². The summed E-state index contributed by atoms with van der Waals surface area (Å²) in [7, 11) is 0. The van der Waals surface area contributed by atoms with E-state index in [-0.39, 0.29) is 35.2 Å². The average molecular weight is 756 g/mol. The maximum absolute atomic E-state index is 15.6. The predicted octanol–water partition coefficient (Wildman–Crippen LogP) is 6.91. The molecule has 5 aliphatic rings. The number of hydrogen-bond donors (Lipinski definition) is 3. The molecule has 56 heavy (non-hydrogen) atoms. The van der Waals surface area contributed by atoms with Crippen LogP contribution in [-0.2, 0) is 22.7 Å². The fourth-order valence-electron chi connectivity index (χ4n) is 10.0. The number of halogens is 1. The van der Waals surface area contributed by atoms with Crippen molar-refractivity contribution in [3.05, 3.63) is 119 Å². The van der Waals surface area contributed by atoms with Crippen LogP contribution in [0, 0.1) is 11.7 Å². The van der Waals surface area contributed by atoms with Crippen molar-refractivity contribution in [2.24, 2.45) is 5.92 Å². The van der Waals surface area contributed by atoms with Crippen molar-refractivity contribution in [3.63, 3.8) is 0 Å². The Bertz CT molecular complexity index is 2150. The molecule has 9 nitrogen and oxygen atoms in total. The van der Waals surface area contributed by atoms with E-state index >= 15 is 4.39 Å². The first kappa shape index (κ1) is 36.4. The highest BCUT2D eigenvalue weighted by atomic mass is 19.1. The van der Waals surface area contributed by atoms with Crippen LogP contribution in [0.4, 0.5) is 15.8 Å². The average Bonchev–Trinajstić information content (AvgIpc) is 3.92. The molecule has 290 valence electrons. The number of nitrogens with zero attached hydrogens (tertiary/aromatic N) is 4. The van der Waals surface area contributed by atoms with Crippen molar-refractivity contribution < 1.29 is 24.2 Å². The lowest BCUT2D eigenvalue weighted by Crippen LogP contribution is -2.50. The smallest absolute Gasteiger partial charge is 0.243 e. The van der Waals surface area contributed by atoms with E-state index in [1.807, 2.05) is 30.3 Å². The zero-order valence-electron chi connectivity index (χ0n) is 32.0. The lowest BCUT2D eigenvalue weighted by molar-refractivity contribution is -0.137. The van der Waals surface area contributed by atoms with E-state index in [4.69, 9.17) is 0 Å². The molecule has 3 N–H and O–H groups in total. The minimum atomic E-state index is -0.346. The van der Waals surface area contributed by atoms with Gasteiger partial charge >= 0.3 is 0 Å². The number of nitrogens with one attached hydrogen (secondary N) is 1. The highest BCUT2D eigenvalue weighted by Gasteiger charge is 2.45. The Morgan fingerprint density at radius 1 is 0.786 bits per heavy atom. The quantitative estimate of drug-likeness (QED) is 0.125. The number of piperidine rings is 2. The van der Waals surface area contributed by atoms with Gasteiger partial charge in [-0.25, -0.2) is 4.39 Å². The van der Waals surface area contributed by atoms with Crippen LogP contribution in [0.25, 0.3) is 11.1 Å². The molecule has 2 bridgehead atoms. The van der Waals surface area contributed by atoms with Gasteiger partial charge in [0.1, 0.15) is 17.3 Å². The first-order valence-corrected chi connectivity index (χ1v) is 20.3. The summed E-state index contributed by atoms with van der Waals surface area (Å²) in [6.07, 6.45) is 5.01. The van der Waals surface area contributed by atoms with Crippen LogP contribution in [0.2, 0.25) is 0 Å². The van der Waals surface area contributed by atoms with Gasteiger partial charge in [-0.05, 0) is 126 Å². The summed E-state index contributed by atoms with van der Waals surface area (Å²) in [5, 5.41) is 22.4. The molecule has 9 rings (SSSR count). The van der Waals surface area contributed by atoms with E-state index < -0.39 is 0 Å². The molecule has 10 heteroatoms. The Kier molecular flexibility index (Phi) is 9.79. The number of piperazine rings is 1. The lowest BCUT2D eigenvalue weighted by atomic mass is 9.88. The number of carbonyl (C=O) groups excluding carboxylic acids is 2. The summed E-state index contributed by atoms with van der Waals surface area (Å²) in [6, 6.07) is 27.8. The van der Waals surface area contributed by atoms with E-state index in [1.165, 1.54) is 11.3 Å². The molecule has 4 fully saturated rings. The first-order chi connectivity index (χ1) is 27.2. The van der Waals surface area contributed by atoms with Crippen LogP contribution in [0.15, 0.2) is 84.9 Å². The van der Waals surface area contributed by atoms with Crippen LogP contribution < -0.4 is 15.1 Å². The van der Waals surface area contributed by atoms with E-state index in [2.05, 4.69) is 56.1 Å². The normalized spacial score (nSPS) is 23.4. The van der Waals surface area contributed by atoms with Gasteiger partial charge in [0, 0.05) is 70.0 Å². The number of benzene rings is 4. The molecule has 0 radical (unpaired) electrons. The zero-order valence-corrected chi connectivity index (χ0v) is 32.0. The topological polar surface area (TPSA) is 99.6 Å². The number of allylic oxidation sites excluding steroid dienone is 1. The number of likely N-dealkylation sites (tertiary alicyclic amines) is 1. The van der Waals surface area contributed by atoms with E-state index in [1.54, 1.807) is 30.3 Å². The number of anilines is 2. The Balaban J connectivity index is 0.814. The summed E-state index contributed by atoms with van der Waals surface area (Å²) < 4.78 is 15.6. The number of phenolic OH excluding ortho intramolecular Hbond substituents is 2. The van der Waals surface area contributed by atoms with Gasteiger partial charge in [-0.15, -0.1) is 0 Å². The van der Waals surface area contributed by atoms with Gasteiger partial charge in [0.2, 0.25) is 11.8 Å². The number of fused-ring (bicyclic) bond motifs is 3.